The van der Waals surface area contributed by atoms with Crippen molar-refractivity contribution in [3.05, 3.63) is 41.6 Å². The van der Waals surface area contributed by atoms with Crippen molar-refractivity contribution >= 4 is 0 Å². The Labute approximate surface area is 119 Å². The van der Waals surface area contributed by atoms with Crippen molar-refractivity contribution in [1.29, 1.82) is 0 Å². The van der Waals surface area contributed by atoms with Gasteiger partial charge in [0.1, 0.15) is 0 Å². The van der Waals surface area contributed by atoms with Gasteiger partial charge in [0.25, 0.3) is 0 Å². The molecule has 0 saturated carbocycles. The molecular weight excluding hydrogens is 285 g/mol. The molecule has 0 saturated heterocycles. The van der Waals surface area contributed by atoms with Crippen molar-refractivity contribution in [3.63, 3.8) is 0 Å². The maximum Gasteiger partial charge on any atom is 0.416 e. The highest BCUT2D eigenvalue weighted by Gasteiger charge is 2.30. The van der Waals surface area contributed by atoms with E-state index in [0.29, 0.717) is 36.6 Å². The molecule has 0 radical (unpaired) electrons. The quantitative estimate of drug-likeness (QED) is 0.833. The van der Waals surface area contributed by atoms with E-state index in [1.54, 1.807) is 13.2 Å². The normalized spacial score (nSPS) is 11.8. The molecule has 0 aliphatic heterocycles. The number of benzene rings is 1. The van der Waals surface area contributed by atoms with Crippen LogP contribution in [0.25, 0.3) is 11.3 Å². The van der Waals surface area contributed by atoms with E-state index in [0.717, 1.165) is 12.1 Å². The molecule has 0 aliphatic rings. The Morgan fingerprint density at radius 3 is 2.86 bits per heavy atom. The van der Waals surface area contributed by atoms with Gasteiger partial charge in [-0.2, -0.15) is 13.2 Å². The van der Waals surface area contributed by atoms with Crippen LogP contribution < -0.4 is 5.32 Å². The first-order valence-electron chi connectivity index (χ1n) is 6.33. The number of rotatable bonds is 6. The van der Waals surface area contributed by atoms with E-state index in [4.69, 9.17) is 9.26 Å². The number of aromatic nitrogens is 1. The summed E-state index contributed by atoms with van der Waals surface area (Å²) in [4.78, 5) is 0. The first-order valence-corrected chi connectivity index (χ1v) is 6.33. The first-order chi connectivity index (χ1) is 10.0. The molecule has 0 fully saturated rings. The topological polar surface area (TPSA) is 47.3 Å². The largest absolute Gasteiger partial charge is 0.416 e. The molecule has 1 aromatic carbocycles. The van der Waals surface area contributed by atoms with Gasteiger partial charge in [-0.25, -0.2) is 0 Å². The van der Waals surface area contributed by atoms with Gasteiger partial charge in [-0.05, 0) is 12.1 Å². The lowest BCUT2D eigenvalue weighted by atomic mass is 10.1. The van der Waals surface area contributed by atoms with Crippen LogP contribution in [0, 0.1) is 0 Å². The predicted octanol–water partition coefficient (Wildman–Crippen LogP) is 3.10. The van der Waals surface area contributed by atoms with Crippen molar-refractivity contribution in [1.82, 2.24) is 10.5 Å². The summed E-state index contributed by atoms with van der Waals surface area (Å²) in [6.45, 7) is 1.62. The summed E-state index contributed by atoms with van der Waals surface area (Å²) in [5.74, 6) is 0.339. The fourth-order valence-corrected chi connectivity index (χ4v) is 1.86. The third-order valence-electron chi connectivity index (χ3n) is 2.89. The number of hydrogen-bond acceptors (Lipinski definition) is 4. The summed E-state index contributed by atoms with van der Waals surface area (Å²) < 4.78 is 48.2. The Hall–Kier alpha value is -1.86. The second kappa shape index (κ2) is 6.73. The number of halogens is 3. The summed E-state index contributed by atoms with van der Waals surface area (Å²) in [5, 5.41) is 6.76. The zero-order chi connectivity index (χ0) is 15.3. The molecule has 0 unspecified atom stereocenters. The van der Waals surface area contributed by atoms with Crippen LogP contribution in [0.1, 0.15) is 11.1 Å². The summed E-state index contributed by atoms with van der Waals surface area (Å²) in [5.41, 5.74) is 0.339. The van der Waals surface area contributed by atoms with Crippen LogP contribution in [-0.2, 0) is 17.5 Å². The number of nitrogens with zero attached hydrogens (tertiary/aromatic N) is 1. The zero-order valence-electron chi connectivity index (χ0n) is 11.4. The molecule has 4 nitrogen and oxygen atoms in total. The lowest BCUT2D eigenvalue weighted by molar-refractivity contribution is -0.137. The van der Waals surface area contributed by atoms with Crippen molar-refractivity contribution in [2.75, 3.05) is 20.3 Å². The van der Waals surface area contributed by atoms with E-state index in [2.05, 4.69) is 10.5 Å². The Bertz CT molecular complexity index is 582. The van der Waals surface area contributed by atoms with E-state index < -0.39 is 11.7 Å². The van der Waals surface area contributed by atoms with Crippen molar-refractivity contribution < 1.29 is 22.4 Å². The number of ether oxygens (including phenoxy) is 1. The molecule has 0 amide bonds. The fraction of sp³-hybridized carbons (Fsp3) is 0.357. The first kappa shape index (κ1) is 15.5. The molecule has 1 aromatic heterocycles. The lowest BCUT2D eigenvalue weighted by Crippen LogP contribution is -2.18. The molecule has 0 aliphatic carbocycles. The van der Waals surface area contributed by atoms with Gasteiger partial charge in [-0.15, -0.1) is 0 Å². The highest BCUT2D eigenvalue weighted by molar-refractivity contribution is 5.61. The van der Waals surface area contributed by atoms with Gasteiger partial charge in [-0.3, -0.25) is 0 Å². The van der Waals surface area contributed by atoms with Crippen molar-refractivity contribution in [2.24, 2.45) is 0 Å². The van der Waals surface area contributed by atoms with Crippen LogP contribution in [0.4, 0.5) is 13.2 Å². The number of nitrogens with one attached hydrogen (secondary N) is 1. The molecule has 7 heteroatoms. The van der Waals surface area contributed by atoms with E-state index in [-0.39, 0.29) is 0 Å². The summed E-state index contributed by atoms with van der Waals surface area (Å²) in [6.07, 6.45) is -2.89. The van der Waals surface area contributed by atoms with Gasteiger partial charge < -0.3 is 14.6 Å². The molecule has 0 bridgehead atoms. The van der Waals surface area contributed by atoms with Crippen LogP contribution in [-0.4, -0.2) is 25.4 Å². The summed E-state index contributed by atoms with van der Waals surface area (Å²) in [7, 11) is 1.59. The molecule has 1 heterocycles. The smallest absolute Gasteiger partial charge is 0.383 e. The minimum atomic E-state index is -4.38. The van der Waals surface area contributed by atoms with Crippen LogP contribution in [0.2, 0.25) is 0 Å². The number of alkyl halides is 3. The third-order valence-corrected chi connectivity index (χ3v) is 2.89. The lowest BCUT2D eigenvalue weighted by Gasteiger charge is -2.08. The van der Waals surface area contributed by atoms with Gasteiger partial charge in [0.15, 0.2) is 5.76 Å². The Morgan fingerprint density at radius 1 is 1.33 bits per heavy atom. The average Bonchev–Trinajstić information content (AvgIpc) is 2.91. The van der Waals surface area contributed by atoms with Gasteiger partial charge in [-0.1, -0.05) is 17.3 Å². The second-order valence-electron chi connectivity index (χ2n) is 4.43. The number of methoxy groups -OCH3 is 1. The van der Waals surface area contributed by atoms with E-state index in [1.165, 1.54) is 12.3 Å². The van der Waals surface area contributed by atoms with Gasteiger partial charge in [0, 0.05) is 31.3 Å². The van der Waals surface area contributed by atoms with Gasteiger partial charge in [0.05, 0.1) is 18.4 Å². The predicted molar refractivity (Wildman–Crippen MR) is 70.5 cm³/mol. The molecule has 2 aromatic rings. The maximum absolute atomic E-state index is 12.7. The molecule has 2 rings (SSSR count). The third kappa shape index (κ3) is 4.05. The van der Waals surface area contributed by atoms with Crippen LogP contribution in [0.3, 0.4) is 0 Å². The van der Waals surface area contributed by atoms with E-state index >= 15 is 0 Å². The highest BCUT2D eigenvalue weighted by Crippen LogP contribution is 2.33. The van der Waals surface area contributed by atoms with E-state index in [1.807, 2.05) is 0 Å². The van der Waals surface area contributed by atoms with Crippen molar-refractivity contribution in [2.45, 2.75) is 12.7 Å². The standard InChI is InChI=1S/C14H15F3N2O2/c1-20-6-5-18-8-11-9-19-21-13(11)10-3-2-4-12(7-10)14(15,16)17/h2-4,7,9,18H,5-6,8H2,1H3. The molecule has 0 spiro atoms. The Morgan fingerprint density at radius 2 is 2.14 bits per heavy atom. The minimum absolute atomic E-state index is 0.339. The van der Waals surface area contributed by atoms with Crippen molar-refractivity contribution in [3.8, 4) is 11.3 Å². The van der Waals surface area contributed by atoms with Crippen LogP contribution in [0.5, 0.6) is 0 Å². The average molecular weight is 300 g/mol. The van der Waals surface area contributed by atoms with Crippen LogP contribution in [0.15, 0.2) is 35.0 Å². The summed E-state index contributed by atoms with van der Waals surface area (Å²) in [6, 6.07) is 4.99. The maximum atomic E-state index is 12.7. The molecule has 1 N–H and O–H groups in total. The minimum Gasteiger partial charge on any atom is -0.383 e. The number of hydrogen-bond donors (Lipinski definition) is 1. The molecule has 114 valence electrons. The molecular formula is C14H15F3N2O2. The molecule has 21 heavy (non-hydrogen) atoms. The molecule has 0 atom stereocenters. The zero-order valence-corrected chi connectivity index (χ0v) is 11.4. The SMILES string of the molecule is COCCNCc1cnoc1-c1cccc(C(F)(F)F)c1. The Balaban J connectivity index is 2.17. The van der Waals surface area contributed by atoms with Crippen LogP contribution >= 0.6 is 0 Å². The van der Waals surface area contributed by atoms with E-state index in [9.17, 15) is 13.2 Å². The van der Waals surface area contributed by atoms with Gasteiger partial charge >= 0.3 is 6.18 Å². The second-order valence-corrected chi connectivity index (χ2v) is 4.43. The monoisotopic (exact) mass is 300 g/mol. The highest BCUT2D eigenvalue weighted by atomic mass is 19.4. The Kier molecular flexibility index (Phi) is 4.98. The van der Waals surface area contributed by atoms with Gasteiger partial charge in [0.2, 0.25) is 0 Å². The fourth-order valence-electron chi connectivity index (χ4n) is 1.86. The summed E-state index contributed by atoms with van der Waals surface area (Å²) >= 11 is 0.